The lowest BCUT2D eigenvalue weighted by molar-refractivity contribution is -0.236. The SMILES string of the molecule is CC[C@H]1CCCC[C@@H](C)C(=O)C2=C[C@@H]3[C@@H]([C@@H]4[C@H](C5C[C@@H](OC(O)C(OC)C(OC)C(OC)C(C)C)C[C@H]53)N4c3ccccc3Cl)[C@@H]2CC(=O)O1. The summed E-state index contributed by atoms with van der Waals surface area (Å²) in [6, 6.07) is 8.28. The van der Waals surface area contributed by atoms with Gasteiger partial charge < -0.3 is 33.7 Å². The molecule has 6 rings (SSSR count). The van der Waals surface area contributed by atoms with Gasteiger partial charge in [-0.05, 0) is 85.8 Å². The van der Waals surface area contributed by atoms with Gasteiger partial charge >= 0.3 is 5.97 Å². The lowest BCUT2D eigenvalue weighted by atomic mass is 9.66. The van der Waals surface area contributed by atoms with Crippen LogP contribution in [0.3, 0.4) is 0 Å². The van der Waals surface area contributed by atoms with Gasteiger partial charge in [0.1, 0.15) is 18.3 Å². The number of aliphatic hydroxyl groups excluding tert-OH is 1. The molecule has 4 fully saturated rings. The number of ether oxygens (including phenoxy) is 5. The van der Waals surface area contributed by atoms with Gasteiger partial charge in [0.15, 0.2) is 12.1 Å². The van der Waals surface area contributed by atoms with Crippen LogP contribution in [0.1, 0.15) is 79.1 Å². The van der Waals surface area contributed by atoms with E-state index in [0.717, 1.165) is 56.2 Å². The molecule has 5 aliphatic rings. The van der Waals surface area contributed by atoms with E-state index < -0.39 is 18.5 Å². The second kappa shape index (κ2) is 15.9. The van der Waals surface area contributed by atoms with Crippen LogP contribution in [0.2, 0.25) is 5.02 Å². The number of methoxy groups -OCH3 is 3. The molecule has 2 aliphatic heterocycles. The number of allylic oxidation sites excluding steroid dienone is 2. The number of esters is 1. The number of cyclic esters (lactones) is 1. The Balaban J connectivity index is 1.31. The van der Waals surface area contributed by atoms with Crippen molar-refractivity contribution in [3.8, 4) is 0 Å². The molecule has 0 radical (unpaired) electrons. The number of Topliss-reactive ketones (excluding diaryl/α,β-unsaturated/α-hetero) is 1. The van der Waals surface area contributed by atoms with Crippen LogP contribution in [-0.2, 0) is 33.3 Å². The highest BCUT2D eigenvalue weighted by atomic mass is 35.5. The van der Waals surface area contributed by atoms with E-state index in [1.165, 1.54) is 0 Å². The van der Waals surface area contributed by atoms with Gasteiger partial charge in [0, 0.05) is 33.2 Å². The molecule has 1 aromatic carbocycles. The van der Waals surface area contributed by atoms with Crippen molar-refractivity contribution in [2.45, 2.75) is 128 Å². The summed E-state index contributed by atoms with van der Waals surface area (Å²) in [6.45, 7) is 8.22. The van der Waals surface area contributed by atoms with Gasteiger partial charge in [-0.15, -0.1) is 0 Å². The number of rotatable bonds is 11. The minimum Gasteiger partial charge on any atom is -0.462 e. The molecule has 5 unspecified atom stereocenters. The third-order valence-corrected chi connectivity index (χ3v) is 13.0. The summed E-state index contributed by atoms with van der Waals surface area (Å²) in [4.78, 5) is 30.3. The monoisotopic (exact) mass is 715 g/mol. The topological polar surface area (TPSA) is 104 Å². The molecule has 9 nitrogen and oxygen atoms in total. The molecule has 3 aliphatic carbocycles. The van der Waals surface area contributed by atoms with Crippen molar-refractivity contribution < 1.29 is 38.4 Å². The molecular formula is C40H58ClNO8. The number of nitrogens with zero attached hydrogens (tertiary/aromatic N) is 1. The van der Waals surface area contributed by atoms with Gasteiger partial charge in [0.2, 0.25) is 0 Å². The standard InChI is InChI=1S/C40H58ClNO8/c1-8-23-14-10-9-13-22(4)36(44)29-19-26-25-17-24(50-40(45)39(48-7)38(47-6)37(46-5)21(2)3)18-28(25)34-35(33(26)27(29)20-32(43)49-23)42(34)31-16-12-11-15-30(31)41/h11-12,15-16,19,21-28,33-35,37-40,45H,8-10,13-14,17-18,20H2,1-7H3/t22-,23+,24+,25+,26+,27-,28?,33-,34+,35-,37?,38?,39?,40?,42?/m1/s1. The zero-order chi connectivity index (χ0) is 35.9. The zero-order valence-electron chi connectivity index (χ0n) is 30.8. The Bertz CT molecular complexity index is 1390. The van der Waals surface area contributed by atoms with Crippen molar-refractivity contribution in [1.29, 1.82) is 0 Å². The van der Waals surface area contributed by atoms with Crippen LogP contribution in [-0.4, -0.2) is 87.1 Å². The van der Waals surface area contributed by atoms with E-state index in [4.69, 9.17) is 35.3 Å². The molecule has 2 heterocycles. The Hall–Kier alpha value is -2.01. The summed E-state index contributed by atoms with van der Waals surface area (Å²) < 4.78 is 29.9. The average molecular weight is 716 g/mol. The molecule has 14 atom stereocenters. The number of fused-ring (bicyclic) bond motifs is 8. The number of para-hydroxylation sites is 1. The molecule has 0 bridgehead atoms. The number of benzene rings is 1. The molecule has 0 aromatic heterocycles. The van der Waals surface area contributed by atoms with Crippen LogP contribution in [0.15, 0.2) is 35.9 Å². The molecule has 278 valence electrons. The first-order valence-corrected chi connectivity index (χ1v) is 19.3. The second-order valence-electron chi connectivity index (χ2n) is 15.8. The number of hydrogen-bond acceptors (Lipinski definition) is 9. The Labute approximate surface area is 303 Å². The number of carbonyl (C=O) groups is 2. The molecular weight excluding hydrogens is 658 g/mol. The lowest BCUT2D eigenvalue weighted by Crippen LogP contribution is -2.50. The Morgan fingerprint density at radius 1 is 0.960 bits per heavy atom. The summed E-state index contributed by atoms with van der Waals surface area (Å²) in [5, 5.41) is 12.2. The molecule has 2 saturated heterocycles. The van der Waals surface area contributed by atoms with Crippen LogP contribution in [0.25, 0.3) is 0 Å². The van der Waals surface area contributed by atoms with Crippen LogP contribution < -0.4 is 4.90 Å². The highest BCUT2D eigenvalue weighted by molar-refractivity contribution is 6.33. The summed E-state index contributed by atoms with van der Waals surface area (Å²) in [6.07, 6.45) is 5.18. The van der Waals surface area contributed by atoms with E-state index >= 15 is 0 Å². The van der Waals surface area contributed by atoms with Gasteiger partial charge in [-0.25, -0.2) is 0 Å². The van der Waals surface area contributed by atoms with Gasteiger partial charge in [-0.1, -0.05) is 63.9 Å². The number of aliphatic hydroxyl groups is 1. The van der Waals surface area contributed by atoms with Crippen LogP contribution in [0.5, 0.6) is 0 Å². The number of anilines is 1. The predicted octanol–water partition coefficient (Wildman–Crippen LogP) is 6.62. The second-order valence-corrected chi connectivity index (χ2v) is 16.2. The minimum absolute atomic E-state index is 0.0704. The molecule has 50 heavy (non-hydrogen) atoms. The highest BCUT2D eigenvalue weighted by Gasteiger charge is 2.69. The fourth-order valence-electron chi connectivity index (χ4n) is 10.4. The van der Waals surface area contributed by atoms with Crippen molar-refractivity contribution in [3.05, 3.63) is 40.9 Å². The highest BCUT2D eigenvalue weighted by Crippen LogP contribution is 2.65. The Kier molecular flexibility index (Phi) is 12.0. The summed E-state index contributed by atoms with van der Waals surface area (Å²) >= 11 is 6.84. The first kappa shape index (κ1) is 37.7. The third-order valence-electron chi connectivity index (χ3n) is 12.7. The van der Waals surface area contributed by atoms with Gasteiger partial charge in [0.05, 0.1) is 41.4 Å². The first-order valence-electron chi connectivity index (χ1n) is 18.9. The fourth-order valence-corrected chi connectivity index (χ4v) is 10.6. The van der Waals surface area contributed by atoms with E-state index in [2.05, 4.69) is 30.9 Å². The minimum atomic E-state index is -1.22. The van der Waals surface area contributed by atoms with E-state index in [9.17, 15) is 14.7 Å². The molecule has 0 amide bonds. The van der Waals surface area contributed by atoms with Crippen LogP contribution >= 0.6 is 11.6 Å². The van der Waals surface area contributed by atoms with Gasteiger partial charge in [0.25, 0.3) is 0 Å². The maximum absolute atomic E-state index is 14.2. The quantitative estimate of drug-likeness (QED) is 0.154. The van der Waals surface area contributed by atoms with Crippen molar-refractivity contribution in [2.75, 3.05) is 26.2 Å². The molecule has 0 spiro atoms. The Morgan fingerprint density at radius 2 is 1.64 bits per heavy atom. The normalized spacial score (nSPS) is 36.5. The van der Waals surface area contributed by atoms with E-state index in [-0.39, 0.29) is 90.0 Å². The maximum Gasteiger partial charge on any atom is 0.306 e. The molecule has 1 aromatic rings. The predicted molar refractivity (Wildman–Crippen MR) is 192 cm³/mol. The number of halogens is 1. The van der Waals surface area contributed by atoms with Gasteiger partial charge in [-0.2, -0.15) is 0 Å². The number of hydrogen-bond donors (Lipinski definition) is 1. The van der Waals surface area contributed by atoms with Crippen molar-refractivity contribution >= 4 is 29.0 Å². The smallest absolute Gasteiger partial charge is 0.306 e. The fraction of sp³-hybridized carbons (Fsp3) is 0.750. The number of carbonyl (C=O) groups excluding carboxylic acids is 2. The first-order chi connectivity index (χ1) is 24.0. The maximum atomic E-state index is 14.2. The van der Waals surface area contributed by atoms with Gasteiger partial charge in [-0.3, -0.25) is 9.59 Å². The number of ketones is 1. The summed E-state index contributed by atoms with van der Waals surface area (Å²) in [7, 11) is 4.80. The van der Waals surface area contributed by atoms with Crippen molar-refractivity contribution in [1.82, 2.24) is 0 Å². The summed E-state index contributed by atoms with van der Waals surface area (Å²) in [5.74, 6) is 0.436. The van der Waals surface area contributed by atoms with Crippen molar-refractivity contribution in [2.24, 2.45) is 41.4 Å². The van der Waals surface area contributed by atoms with E-state index in [1.807, 2.05) is 32.0 Å². The zero-order valence-corrected chi connectivity index (χ0v) is 31.6. The van der Waals surface area contributed by atoms with E-state index in [1.54, 1.807) is 21.3 Å². The van der Waals surface area contributed by atoms with E-state index in [0.29, 0.717) is 5.02 Å². The Morgan fingerprint density at radius 3 is 2.30 bits per heavy atom. The van der Waals surface area contributed by atoms with Crippen LogP contribution in [0.4, 0.5) is 5.69 Å². The lowest BCUT2D eigenvalue weighted by Gasteiger charge is -2.36. The molecule has 2 saturated carbocycles. The summed E-state index contributed by atoms with van der Waals surface area (Å²) in [5.41, 5.74) is 1.80. The largest absolute Gasteiger partial charge is 0.462 e. The molecule has 1 N–H and O–H groups in total. The average Bonchev–Trinajstić information content (AvgIpc) is 3.48. The van der Waals surface area contributed by atoms with Crippen LogP contribution in [0, 0.1) is 41.4 Å². The molecule has 10 heteroatoms. The van der Waals surface area contributed by atoms with Crippen molar-refractivity contribution in [3.63, 3.8) is 0 Å². The third kappa shape index (κ3) is 7.16.